The second-order valence-electron chi connectivity index (χ2n) is 5.24. The number of rotatable bonds is 5. The minimum atomic E-state index is -1.68. The van der Waals surface area contributed by atoms with Gasteiger partial charge in [0, 0.05) is 39.2 Å². The Morgan fingerprint density at radius 1 is 1.24 bits per heavy atom. The van der Waals surface area contributed by atoms with Crippen LogP contribution in [0.3, 0.4) is 0 Å². The van der Waals surface area contributed by atoms with Crippen molar-refractivity contribution in [1.82, 2.24) is 4.98 Å². The number of carbonyl (C=O) groups is 1. The second-order valence-corrected chi connectivity index (χ2v) is 7.49. The quantitative estimate of drug-likeness (QED) is 0.662. The number of primary amides is 1. The number of nitrogens with two attached hydrogens (primary N) is 1. The zero-order valence-electron chi connectivity index (χ0n) is 13.1. The molecule has 4 nitrogen and oxygen atoms in total. The average molecular weight is 383 g/mol. The van der Waals surface area contributed by atoms with E-state index in [1.165, 1.54) is 12.1 Å². The first-order valence-electron chi connectivity index (χ1n) is 7.41. The average Bonchev–Trinajstić information content (AvgIpc) is 2.90. The number of benzene rings is 2. The summed E-state index contributed by atoms with van der Waals surface area (Å²) in [6, 6.07) is 8.21. The zero-order chi connectivity index (χ0) is 18.1. The molecule has 25 heavy (non-hydrogen) atoms. The van der Waals surface area contributed by atoms with Crippen LogP contribution in [0.15, 0.2) is 36.4 Å². The van der Waals surface area contributed by atoms with E-state index in [2.05, 4.69) is 4.98 Å². The summed E-state index contributed by atoms with van der Waals surface area (Å²) in [6.45, 7) is 2.05. The normalized spacial score (nSPS) is 12.5. The van der Waals surface area contributed by atoms with Crippen molar-refractivity contribution in [3.05, 3.63) is 58.7 Å². The van der Waals surface area contributed by atoms with Crippen LogP contribution in [0.25, 0.3) is 10.9 Å². The fraction of sp³-hybridized carbons (Fsp3) is 0.118. The van der Waals surface area contributed by atoms with Gasteiger partial charge >= 0.3 is 0 Å². The van der Waals surface area contributed by atoms with E-state index in [9.17, 15) is 13.6 Å². The Morgan fingerprint density at radius 3 is 2.52 bits per heavy atom. The smallest absolute Gasteiger partial charge is 0.265 e. The molecule has 0 spiro atoms. The van der Waals surface area contributed by atoms with E-state index >= 15 is 0 Å². The van der Waals surface area contributed by atoms with E-state index in [1.807, 2.05) is 0 Å². The molecule has 0 fully saturated rings. The first-order chi connectivity index (χ1) is 11.9. The summed E-state index contributed by atoms with van der Waals surface area (Å²) in [5, 5.41) is 1.86. The maximum atomic E-state index is 13.7. The van der Waals surface area contributed by atoms with Gasteiger partial charge in [0.25, 0.3) is 5.91 Å². The van der Waals surface area contributed by atoms with Gasteiger partial charge in [-0.25, -0.2) is 8.78 Å². The molecule has 1 atom stereocenters. The molecule has 3 N–H and O–H groups in total. The van der Waals surface area contributed by atoms with Crippen LogP contribution in [-0.2, 0) is 4.52 Å². The highest BCUT2D eigenvalue weighted by Crippen LogP contribution is 2.40. The summed E-state index contributed by atoms with van der Waals surface area (Å²) in [5.74, 6) is -2.13. The Kier molecular flexibility index (Phi) is 5.04. The summed E-state index contributed by atoms with van der Waals surface area (Å²) < 4.78 is 33.2. The Morgan fingerprint density at radius 2 is 1.92 bits per heavy atom. The van der Waals surface area contributed by atoms with E-state index in [0.29, 0.717) is 26.5 Å². The third kappa shape index (κ3) is 3.52. The maximum absolute atomic E-state index is 13.7. The topological polar surface area (TPSA) is 68.1 Å². The first-order valence-corrected chi connectivity index (χ1v) is 9.04. The lowest BCUT2D eigenvalue weighted by Crippen LogP contribution is -2.24. The van der Waals surface area contributed by atoms with Crippen molar-refractivity contribution < 1.29 is 18.1 Å². The molecule has 0 bridgehead atoms. The van der Waals surface area contributed by atoms with Gasteiger partial charge in [-0.15, -0.1) is 0 Å². The van der Waals surface area contributed by atoms with Crippen LogP contribution in [0.4, 0.5) is 8.78 Å². The lowest BCUT2D eigenvalue weighted by atomic mass is 10.2. The van der Waals surface area contributed by atoms with E-state index in [0.717, 1.165) is 6.07 Å². The highest BCUT2D eigenvalue weighted by atomic mass is 35.5. The van der Waals surface area contributed by atoms with Gasteiger partial charge in [-0.05, 0) is 37.3 Å². The molecule has 1 amide bonds. The van der Waals surface area contributed by atoms with Crippen molar-refractivity contribution >= 4 is 47.2 Å². The molecule has 0 saturated carbocycles. The van der Waals surface area contributed by atoms with Crippen LogP contribution >= 0.6 is 19.7 Å². The molecular weight excluding hydrogens is 369 g/mol. The monoisotopic (exact) mass is 382 g/mol. The molecular formula is C17H14ClF2N2O2P. The van der Waals surface area contributed by atoms with Gasteiger partial charge in [0.15, 0.2) is 0 Å². The zero-order valence-corrected chi connectivity index (χ0v) is 14.8. The van der Waals surface area contributed by atoms with Crippen LogP contribution in [0.2, 0.25) is 5.02 Å². The Labute approximate surface area is 148 Å². The van der Waals surface area contributed by atoms with E-state index in [4.69, 9.17) is 21.9 Å². The lowest BCUT2D eigenvalue weighted by molar-refractivity contribution is 0.0997. The number of aromatic nitrogens is 1. The SMILES string of the molecule is CCOP(c1cc(F)cc(F)c1)c1c(C(N)=O)[nH]c2ccc(Cl)cc12. The molecule has 8 heteroatoms. The molecule has 2 aromatic carbocycles. The summed E-state index contributed by atoms with van der Waals surface area (Å²) >= 11 is 6.07. The third-order valence-electron chi connectivity index (χ3n) is 3.52. The largest absolute Gasteiger partial charge is 0.364 e. The number of halogens is 3. The third-order valence-corrected chi connectivity index (χ3v) is 5.87. The first kappa shape index (κ1) is 17.8. The minimum absolute atomic E-state index is 0.140. The molecule has 0 saturated heterocycles. The molecule has 0 aliphatic carbocycles. The van der Waals surface area contributed by atoms with Gasteiger partial charge in [-0.2, -0.15) is 0 Å². The summed E-state index contributed by atoms with van der Waals surface area (Å²) in [5.41, 5.74) is 6.27. The summed E-state index contributed by atoms with van der Waals surface area (Å²) in [4.78, 5) is 14.9. The van der Waals surface area contributed by atoms with E-state index in [1.54, 1.807) is 25.1 Å². The number of amides is 1. The van der Waals surface area contributed by atoms with Crippen LogP contribution in [0.1, 0.15) is 17.4 Å². The number of hydrogen-bond donors (Lipinski definition) is 2. The number of nitrogens with one attached hydrogen (secondary N) is 1. The molecule has 1 unspecified atom stereocenters. The highest BCUT2D eigenvalue weighted by Gasteiger charge is 2.27. The molecule has 1 heterocycles. The van der Waals surface area contributed by atoms with Gasteiger partial charge in [0.1, 0.15) is 17.3 Å². The fourth-order valence-corrected chi connectivity index (χ4v) is 4.81. The Bertz CT molecular complexity index is 941. The Balaban J connectivity index is 2.30. The second kappa shape index (κ2) is 7.08. The molecule has 3 aromatic rings. The minimum Gasteiger partial charge on any atom is -0.364 e. The van der Waals surface area contributed by atoms with E-state index in [-0.39, 0.29) is 12.3 Å². The van der Waals surface area contributed by atoms with Crippen LogP contribution < -0.4 is 16.3 Å². The number of fused-ring (bicyclic) bond motifs is 1. The van der Waals surface area contributed by atoms with Gasteiger partial charge in [0.05, 0.1) is 8.15 Å². The lowest BCUT2D eigenvalue weighted by Gasteiger charge is -2.18. The van der Waals surface area contributed by atoms with Crippen LogP contribution in [-0.4, -0.2) is 17.5 Å². The molecule has 130 valence electrons. The van der Waals surface area contributed by atoms with Crippen molar-refractivity contribution in [1.29, 1.82) is 0 Å². The van der Waals surface area contributed by atoms with Gasteiger partial charge in [-0.1, -0.05) is 11.6 Å². The van der Waals surface area contributed by atoms with Crippen molar-refractivity contribution in [2.45, 2.75) is 6.92 Å². The molecule has 3 rings (SSSR count). The van der Waals surface area contributed by atoms with Gasteiger partial charge in [0.2, 0.25) is 0 Å². The van der Waals surface area contributed by atoms with Crippen molar-refractivity contribution in [3.8, 4) is 0 Å². The number of aromatic amines is 1. The number of hydrogen-bond acceptors (Lipinski definition) is 2. The van der Waals surface area contributed by atoms with Crippen molar-refractivity contribution in [2.24, 2.45) is 5.73 Å². The standard InChI is InChI=1S/C17H14ClF2N2O2P/c1-2-24-25(12-7-10(19)6-11(20)8-12)16-13-5-9(18)3-4-14(13)22-15(16)17(21)23/h3-8,22H,2H2,1H3,(H2,21,23). The van der Waals surface area contributed by atoms with Gasteiger partial charge < -0.3 is 15.2 Å². The molecule has 0 aliphatic rings. The predicted molar refractivity (Wildman–Crippen MR) is 96.0 cm³/mol. The maximum Gasteiger partial charge on any atom is 0.265 e. The molecule has 0 aliphatic heterocycles. The van der Waals surface area contributed by atoms with E-state index < -0.39 is 25.7 Å². The van der Waals surface area contributed by atoms with Crippen molar-refractivity contribution in [3.63, 3.8) is 0 Å². The number of H-pyrrole nitrogens is 1. The van der Waals surface area contributed by atoms with Crippen LogP contribution in [0, 0.1) is 11.6 Å². The summed E-state index contributed by atoms with van der Waals surface area (Å²) in [7, 11) is -1.68. The van der Waals surface area contributed by atoms with Crippen LogP contribution in [0.5, 0.6) is 0 Å². The molecule has 1 aromatic heterocycles. The molecule has 0 radical (unpaired) electrons. The predicted octanol–water partition coefficient (Wildman–Crippen LogP) is 3.58. The fourth-order valence-electron chi connectivity index (χ4n) is 2.59. The van der Waals surface area contributed by atoms with Gasteiger partial charge in [-0.3, -0.25) is 4.79 Å². The van der Waals surface area contributed by atoms with Crippen molar-refractivity contribution in [2.75, 3.05) is 6.61 Å². The Hall–Kier alpha value is -2.01. The number of carbonyl (C=O) groups excluding carboxylic acids is 1. The highest BCUT2D eigenvalue weighted by molar-refractivity contribution is 7.69. The summed E-state index contributed by atoms with van der Waals surface area (Å²) in [6.07, 6.45) is 0.